The van der Waals surface area contributed by atoms with Crippen molar-refractivity contribution < 1.29 is 19.4 Å². The molecule has 3 N–H and O–H groups in total. The first-order chi connectivity index (χ1) is 19.6. The van der Waals surface area contributed by atoms with Crippen molar-refractivity contribution in [1.29, 1.82) is 0 Å². The van der Waals surface area contributed by atoms with Crippen molar-refractivity contribution >= 4 is 6.03 Å². The van der Waals surface area contributed by atoms with Crippen LogP contribution >= 0.6 is 0 Å². The number of carbonyl (C=O) groups is 1. The SMILES string of the molecule is CCNC(=O)NCc1cccc(-c2cccc([C@H]3O[C@@H](CN4CCCCC4)C[C@@H](c4ccc(CO)cc4)O3)c2)c1. The van der Waals surface area contributed by atoms with Crippen LogP contribution in [0.25, 0.3) is 11.1 Å². The number of rotatable bonds is 9. The first-order valence-corrected chi connectivity index (χ1v) is 14.5. The van der Waals surface area contributed by atoms with Crippen LogP contribution in [0.2, 0.25) is 0 Å². The van der Waals surface area contributed by atoms with Crippen molar-refractivity contribution in [3.05, 3.63) is 95.1 Å². The van der Waals surface area contributed by atoms with Gasteiger partial charge in [0.15, 0.2) is 6.29 Å². The standard InChI is InChI=1S/C33H41N3O4/c1-2-34-33(38)35-21-25-8-6-9-27(18-25)28-10-7-11-29(19-28)32-39-30(22-36-16-4-3-5-17-36)20-31(40-32)26-14-12-24(23-37)13-15-26/h6-15,18-19,30-32,37H,2-5,16-17,20-23H2,1H3,(H2,34,35,38)/t30-,31+,32+/m1/s1. The molecule has 212 valence electrons. The molecule has 3 atom stereocenters. The fourth-order valence-electron chi connectivity index (χ4n) is 5.59. The van der Waals surface area contributed by atoms with Crippen molar-refractivity contribution in [1.82, 2.24) is 15.5 Å². The summed E-state index contributed by atoms with van der Waals surface area (Å²) in [5.74, 6) is 0. The molecule has 2 aliphatic rings. The molecule has 3 aromatic rings. The molecule has 0 spiro atoms. The normalized spacial score (nSPS) is 21.6. The molecule has 2 heterocycles. The molecule has 0 unspecified atom stereocenters. The summed E-state index contributed by atoms with van der Waals surface area (Å²) >= 11 is 0. The van der Waals surface area contributed by atoms with E-state index in [4.69, 9.17) is 9.47 Å². The van der Waals surface area contributed by atoms with Crippen molar-refractivity contribution in [2.24, 2.45) is 0 Å². The quantitative estimate of drug-likeness (QED) is 0.323. The van der Waals surface area contributed by atoms with E-state index in [1.165, 1.54) is 19.3 Å². The van der Waals surface area contributed by atoms with Gasteiger partial charge in [-0.3, -0.25) is 0 Å². The highest BCUT2D eigenvalue weighted by atomic mass is 16.7. The highest BCUT2D eigenvalue weighted by Crippen LogP contribution is 2.39. The molecule has 2 amide bonds. The zero-order valence-electron chi connectivity index (χ0n) is 23.4. The van der Waals surface area contributed by atoms with Crippen molar-refractivity contribution in [3.63, 3.8) is 0 Å². The third kappa shape index (κ3) is 7.49. The van der Waals surface area contributed by atoms with Crippen LogP contribution < -0.4 is 10.6 Å². The fraction of sp³-hybridized carbons (Fsp3) is 0.424. The second-order valence-electron chi connectivity index (χ2n) is 10.8. The van der Waals surface area contributed by atoms with E-state index in [1.807, 2.05) is 31.2 Å². The molecule has 0 radical (unpaired) electrons. The number of benzene rings is 3. The Labute approximate surface area is 237 Å². The van der Waals surface area contributed by atoms with Crippen LogP contribution in [-0.2, 0) is 22.6 Å². The van der Waals surface area contributed by atoms with E-state index < -0.39 is 6.29 Å². The zero-order valence-corrected chi connectivity index (χ0v) is 23.4. The Kier molecular flexibility index (Phi) is 9.84. The monoisotopic (exact) mass is 543 g/mol. The average molecular weight is 544 g/mol. The first kappa shape index (κ1) is 28.3. The van der Waals surface area contributed by atoms with Crippen LogP contribution in [0.15, 0.2) is 72.8 Å². The van der Waals surface area contributed by atoms with E-state index in [1.54, 1.807) is 0 Å². The molecule has 5 rings (SSSR count). The second-order valence-corrected chi connectivity index (χ2v) is 10.8. The van der Waals surface area contributed by atoms with Crippen molar-refractivity contribution in [3.8, 4) is 11.1 Å². The largest absolute Gasteiger partial charge is 0.392 e. The van der Waals surface area contributed by atoms with E-state index in [-0.39, 0.29) is 24.8 Å². The van der Waals surface area contributed by atoms with Crippen molar-refractivity contribution in [2.45, 2.75) is 64.3 Å². The molecule has 7 heteroatoms. The molecule has 2 saturated heterocycles. The lowest BCUT2D eigenvalue weighted by Crippen LogP contribution is -2.41. The number of ether oxygens (including phenoxy) is 2. The minimum absolute atomic E-state index is 0.0329. The van der Waals surface area contributed by atoms with Gasteiger partial charge in [-0.05, 0) is 72.8 Å². The molecule has 0 saturated carbocycles. The number of nitrogens with one attached hydrogen (secondary N) is 2. The predicted molar refractivity (Wildman–Crippen MR) is 157 cm³/mol. The van der Waals surface area contributed by atoms with Gasteiger partial charge in [0.25, 0.3) is 0 Å². The van der Waals surface area contributed by atoms with E-state index >= 15 is 0 Å². The molecule has 7 nitrogen and oxygen atoms in total. The van der Waals surface area contributed by atoms with Gasteiger partial charge in [-0.2, -0.15) is 0 Å². The topological polar surface area (TPSA) is 83.1 Å². The van der Waals surface area contributed by atoms with Gasteiger partial charge in [0, 0.05) is 31.6 Å². The maximum atomic E-state index is 11.8. The molecule has 2 fully saturated rings. The first-order valence-electron chi connectivity index (χ1n) is 14.5. The van der Waals surface area contributed by atoms with Gasteiger partial charge in [0.1, 0.15) is 0 Å². The Hall–Kier alpha value is -3.23. The minimum atomic E-state index is -0.478. The molecular weight excluding hydrogens is 502 g/mol. The van der Waals surface area contributed by atoms with Gasteiger partial charge in [-0.15, -0.1) is 0 Å². The van der Waals surface area contributed by atoms with Crippen LogP contribution in [0.1, 0.15) is 67.3 Å². The number of hydrogen-bond acceptors (Lipinski definition) is 5. The van der Waals surface area contributed by atoms with Crippen LogP contribution in [0.5, 0.6) is 0 Å². The van der Waals surface area contributed by atoms with Crippen LogP contribution in [0, 0.1) is 0 Å². The summed E-state index contributed by atoms with van der Waals surface area (Å²) < 4.78 is 13.2. The Morgan fingerprint density at radius 2 is 1.62 bits per heavy atom. The molecule has 0 aliphatic carbocycles. The molecule has 2 aliphatic heterocycles. The Bertz CT molecular complexity index is 1240. The highest BCUT2D eigenvalue weighted by molar-refractivity contribution is 5.74. The average Bonchev–Trinajstić information content (AvgIpc) is 3.01. The van der Waals surface area contributed by atoms with Gasteiger partial charge in [0.2, 0.25) is 0 Å². The number of likely N-dealkylation sites (tertiary alicyclic amines) is 1. The summed E-state index contributed by atoms with van der Waals surface area (Å²) in [6, 6.07) is 24.5. The smallest absolute Gasteiger partial charge is 0.315 e. The van der Waals surface area contributed by atoms with Crippen molar-refractivity contribution in [2.75, 3.05) is 26.2 Å². The fourth-order valence-corrected chi connectivity index (χ4v) is 5.59. The van der Waals surface area contributed by atoms with Gasteiger partial charge >= 0.3 is 6.03 Å². The van der Waals surface area contributed by atoms with Crippen LogP contribution in [0.3, 0.4) is 0 Å². The maximum absolute atomic E-state index is 11.8. The molecular formula is C33H41N3O4. The second kappa shape index (κ2) is 13.9. The number of aliphatic hydroxyl groups excluding tert-OH is 1. The summed E-state index contributed by atoms with van der Waals surface area (Å²) in [5.41, 5.74) is 6.18. The number of urea groups is 1. The summed E-state index contributed by atoms with van der Waals surface area (Å²) in [6.07, 6.45) is 4.10. The van der Waals surface area contributed by atoms with Gasteiger partial charge in [-0.25, -0.2) is 4.79 Å². The summed E-state index contributed by atoms with van der Waals surface area (Å²) in [7, 11) is 0. The minimum Gasteiger partial charge on any atom is -0.392 e. The lowest BCUT2D eigenvalue weighted by atomic mass is 9.98. The summed E-state index contributed by atoms with van der Waals surface area (Å²) in [6.45, 7) is 6.15. The molecule has 40 heavy (non-hydrogen) atoms. The number of piperidine rings is 1. The number of carbonyl (C=O) groups excluding carboxylic acids is 1. The molecule has 0 bridgehead atoms. The number of nitrogens with zero attached hydrogens (tertiary/aromatic N) is 1. The van der Waals surface area contributed by atoms with E-state index in [2.05, 4.69) is 64.1 Å². The van der Waals surface area contributed by atoms with Gasteiger partial charge < -0.3 is 30.1 Å². The zero-order chi connectivity index (χ0) is 27.7. The third-order valence-electron chi connectivity index (χ3n) is 7.73. The number of amides is 2. The maximum Gasteiger partial charge on any atom is 0.315 e. The summed E-state index contributed by atoms with van der Waals surface area (Å²) in [5, 5.41) is 15.2. The summed E-state index contributed by atoms with van der Waals surface area (Å²) in [4.78, 5) is 14.4. The number of hydrogen-bond donors (Lipinski definition) is 3. The Morgan fingerprint density at radius 1 is 0.875 bits per heavy atom. The van der Waals surface area contributed by atoms with E-state index in [0.29, 0.717) is 13.1 Å². The van der Waals surface area contributed by atoms with E-state index in [9.17, 15) is 9.90 Å². The van der Waals surface area contributed by atoms with Gasteiger partial charge in [0.05, 0.1) is 18.8 Å². The Balaban J connectivity index is 1.35. The predicted octanol–water partition coefficient (Wildman–Crippen LogP) is 5.70. The highest BCUT2D eigenvalue weighted by Gasteiger charge is 2.33. The number of aliphatic hydroxyl groups is 1. The Morgan fingerprint density at radius 3 is 2.38 bits per heavy atom. The molecule has 0 aromatic heterocycles. The molecule has 3 aromatic carbocycles. The van der Waals surface area contributed by atoms with Gasteiger partial charge in [-0.1, -0.05) is 67.1 Å². The lowest BCUT2D eigenvalue weighted by Gasteiger charge is -2.39. The third-order valence-corrected chi connectivity index (χ3v) is 7.73. The lowest BCUT2D eigenvalue weighted by molar-refractivity contribution is -0.253. The van der Waals surface area contributed by atoms with E-state index in [0.717, 1.165) is 59.4 Å². The van der Waals surface area contributed by atoms with Crippen LogP contribution in [0.4, 0.5) is 4.79 Å². The van der Waals surface area contributed by atoms with Crippen LogP contribution in [-0.4, -0.2) is 48.3 Å².